The van der Waals surface area contributed by atoms with E-state index in [9.17, 15) is 0 Å². The quantitative estimate of drug-likeness (QED) is 0.376. The summed E-state index contributed by atoms with van der Waals surface area (Å²) in [5, 5.41) is 2.84. The molecule has 1 aliphatic carbocycles. The van der Waals surface area contributed by atoms with E-state index in [0.29, 0.717) is 0 Å². The van der Waals surface area contributed by atoms with E-state index >= 15 is 0 Å². The molecule has 3 nitrogen and oxygen atoms in total. The van der Waals surface area contributed by atoms with Crippen LogP contribution in [-0.4, -0.2) is 18.3 Å². The Morgan fingerprint density at radius 1 is 1.11 bits per heavy atom. The first kappa shape index (κ1) is 19.3. The molecule has 4 rings (SSSR count). The smallest absolute Gasteiger partial charge is 0.209 e. The largest absolute Gasteiger partial charge is 0.496 e. The molecule has 1 fully saturated rings. The van der Waals surface area contributed by atoms with Gasteiger partial charge in [0.2, 0.25) is 5.13 Å². The monoisotopic (exact) mass is 454 g/mol. The number of rotatable bonds is 5. The summed E-state index contributed by atoms with van der Waals surface area (Å²) in [5.74, 6) is 1.55. The zero-order chi connectivity index (χ0) is 19.3. The van der Waals surface area contributed by atoms with Crippen molar-refractivity contribution in [3.05, 3.63) is 63.4 Å². The highest BCUT2D eigenvalue weighted by Crippen LogP contribution is 2.34. The summed E-state index contributed by atoms with van der Waals surface area (Å²) in [7, 11) is 1.66. The molecule has 1 aliphatic rings. The highest BCUT2D eigenvalue weighted by atomic mass is 79.9. The number of hydrogen-bond acceptors (Lipinski definition) is 4. The molecule has 3 aromatic rings. The minimum Gasteiger partial charge on any atom is -0.496 e. The van der Waals surface area contributed by atoms with Crippen molar-refractivity contribution in [2.24, 2.45) is 4.99 Å². The number of benzene rings is 2. The van der Waals surface area contributed by atoms with Crippen LogP contribution in [0.5, 0.6) is 5.75 Å². The fourth-order valence-electron chi connectivity index (χ4n) is 3.71. The number of thiazole rings is 1. The van der Waals surface area contributed by atoms with Gasteiger partial charge in [-0.25, -0.2) is 9.98 Å². The Balaban J connectivity index is 1.45. The van der Waals surface area contributed by atoms with Crippen molar-refractivity contribution >= 4 is 38.6 Å². The van der Waals surface area contributed by atoms with E-state index in [1.165, 1.54) is 37.7 Å². The minimum absolute atomic E-state index is 0.738. The molecule has 28 heavy (non-hydrogen) atoms. The number of hydrogen-bond donors (Lipinski definition) is 0. The molecule has 5 heteroatoms. The molecule has 0 amide bonds. The van der Waals surface area contributed by atoms with Gasteiger partial charge in [0.1, 0.15) is 5.75 Å². The van der Waals surface area contributed by atoms with E-state index in [1.54, 1.807) is 18.4 Å². The van der Waals surface area contributed by atoms with Gasteiger partial charge in [-0.2, -0.15) is 0 Å². The van der Waals surface area contributed by atoms with Gasteiger partial charge in [0.15, 0.2) is 0 Å². The van der Waals surface area contributed by atoms with Crippen LogP contribution < -0.4 is 4.74 Å². The lowest BCUT2D eigenvalue weighted by atomic mass is 9.84. The maximum Gasteiger partial charge on any atom is 0.209 e. The number of aliphatic imine (C=N–C) groups is 1. The fourth-order valence-corrected chi connectivity index (χ4v) is 4.94. The molecule has 1 heterocycles. The average Bonchev–Trinajstić information content (AvgIpc) is 3.22. The van der Waals surface area contributed by atoms with Gasteiger partial charge in [0, 0.05) is 17.2 Å². The number of methoxy groups -OCH3 is 1. The van der Waals surface area contributed by atoms with Crippen molar-refractivity contribution < 1.29 is 4.74 Å². The normalized spacial score (nSPS) is 15.2. The lowest BCUT2D eigenvalue weighted by Gasteiger charge is -2.22. The molecule has 0 radical (unpaired) electrons. The highest BCUT2D eigenvalue weighted by molar-refractivity contribution is 9.10. The van der Waals surface area contributed by atoms with Crippen molar-refractivity contribution in [1.82, 2.24) is 4.98 Å². The van der Waals surface area contributed by atoms with Crippen LogP contribution in [0.15, 0.2) is 57.3 Å². The van der Waals surface area contributed by atoms with Gasteiger partial charge < -0.3 is 4.74 Å². The molecule has 144 valence electrons. The molecule has 0 unspecified atom stereocenters. The predicted molar refractivity (Wildman–Crippen MR) is 121 cm³/mol. The van der Waals surface area contributed by atoms with E-state index in [2.05, 4.69) is 55.6 Å². The Morgan fingerprint density at radius 2 is 1.89 bits per heavy atom. The van der Waals surface area contributed by atoms with Crippen LogP contribution in [0.3, 0.4) is 0 Å². The summed E-state index contributed by atoms with van der Waals surface area (Å²) in [4.78, 5) is 9.21. The van der Waals surface area contributed by atoms with Crippen LogP contribution in [0.1, 0.15) is 49.1 Å². The van der Waals surface area contributed by atoms with Crippen molar-refractivity contribution in [2.45, 2.75) is 38.0 Å². The first-order chi connectivity index (χ1) is 13.7. The van der Waals surface area contributed by atoms with Crippen LogP contribution >= 0.6 is 27.3 Å². The molecule has 0 bridgehead atoms. The lowest BCUT2D eigenvalue weighted by molar-refractivity contribution is 0.412. The van der Waals surface area contributed by atoms with Gasteiger partial charge in [-0.3, -0.25) is 0 Å². The average molecular weight is 455 g/mol. The van der Waals surface area contributed by atoms with Crippen molar-refractivity contribution in [3.63, 3.8) is 0 Å². The Labute approximate surface area is 178 Å². The first-order valence-electron chi connectivity index (χ1n) is 9.66. The van der Waals surface area contributed by atoms with Crippen molar-refractivity contribution in [1.29, 1.82) is 0 Å². The molecular formula is C23H23BrN2OS. The Morgan fingerprint density at radius 3 is 2.61 bits per heavy atom. The van der Waals surface area contributed by atoms with Crippen molar-refractivity contribution in [3.8, 4) is 17.0 Å². The van der Waals surface area contributed by atoms with Gasteiger partial charge in [-0.1, -0.05) is 43.5 Å². The Kier molecular flexibility index (Phi) is 6.23. The van der Waals surface area contributed by atoms with Crippen LogP contribution in [-0.2, 0) is 0 Å². The molecule has 0 spiro atoms. The van der Waals surface area contributed by atoms with Crippen LogP contribution in [0, 0.1) is 0 Å². The fraction of sp³-hybridized carbons (Fsp3) is 0.304. The van der Waals surface area contributed by atoms with Gasteiger partial charge in [-0.05, 0) is 64.0 Å². The highest BCUT2D eigenvalue weighted by Gasteiger charge is 2.15. The molecule has 2 aromatic carbocycles. The van der Waals surface area contributed by atoms with Crippen LogP contribution in [0.2, 0.25) is 0 Å². The van der Waals surface area contributed by atoms with Crippen LogP contribution in [0.25, 0.3) is 11.3 Å². The van der Waals surface area contributed by atoms with Gasteiger partial charge in [-0.15, -0.1) is 11.3 Å². The third-order valence-electron chi connectivity index (χ3n) is 5.27. The molecule has 0 N–H and O–H groups in total. The maximum absolute atomic E-state index is 5.26. The predicted octanol–water partition coefficient (Wildman–Crippen LogP) is 7.38. The number of aromatic nitrogens is 1. The second kappa shape index (κ2) is 9.01. The number of nitrogens with zero attached hydrogens (tertiary/aromatic N) is 2. The molecule has 0 aliphatic heterocycles. The van der Waals surface area contributed by atoms with Crippen LogP contribution in [0.4, 0.5) is 5.13 Å². The second-order valence-corrected chi connectivity index (χ2v) is 8.82. The number of halogens is 1. The molecular weight excluding hydrogens is 432 g/mol. The SMILES string of the molecule is COc1ccc(C=Nc2nc(-c3ccc(C4CCCCC4)cc3)cs2)cc1Br. The zero-order valence-corrected chi connectivity index (χ0v) is 18.3. The van der Waals surface area contributed by atoms with Gasteiger partial charge in [0.05, 0.1) is 17.3 Å². The van der Waals surface area contributed by atoms with Gasteiger partial charge >= 0.3 is 0 Å². The van der Waals surface area contributed by atoms with Gasteiger partial charge in [0.25, 0.3) is 0 Å². The lowest BCUT2D eigenvalue weighted by Crippen LogP contribution is -2.04. The summed E-state index contributed by atoms with van der Waals surface area (Å²) >= 11 is 5.07. The van der Waals surface area contributed by atoms with E-state index < -0.39 is 0 Å². The Bertz CT molecular complexity index is 959. The third-order valence-corrected chi connectivity index (χ3v) is 6.64. The standard InChI is InChI=1S/C23H23BrN2OS/c1-27-22-12-7-16(13-20(22)24)14-25-23-26-21(15-28-23)19-10-8-18(9-11-19)17-5-3-2-4-6-17/h7-15,17H,2-6H2,1H3. The molecule has 1 saturated carbocycles. The summed E-state index contributed by atoms with van der Waals surface area (Å²) in [6, 6.07) is 14.9. The third kappa shape index (κ3) is 4.53. The maximum atomic E-state index is 5.26. The van der Waals surface area contributed by atoms with E-state index in [-0.39, 0.29) is 0 Å². The van der Waals surface area contributed by atoms with E-state index in [1.807, 2.05) is 24.4 Å². The molecule has 1 aromatic heterocycles. The Hall–Kier alpha value is -1.98. The summed E-state index contributed by atoms with van der Waals surface area (Å²) in [6.45, 7) is 0. The summed E-state index contributed by atoms with van der Waals surface area (Å²) < 4.78 is 6.17. The topological polar surface area (TPSA) is 34.5 Å². The minimum atomic E-state index is 0.738. The first-order valence-corrected chi connectivity index (χ1v) is 11.3. The second-order valence-electron chi connectivity index (χ2n) is 7.12. The van der Waals surface area contributed by atoms with E-state index in [4.69, 9.17) is 4.74 Å². The van der Waals surface area contributed by atoms with E-state index in [0.717, 1.165) is 38.1 Å². The summed E-state index contributed by atoms with van der Waals surface area (Å²) in [5.41, 5.74) is 4.62. The van der Waals surface area contributed by atoms with Crippen molar-refractivity contribution in [2.75, 3.05) is 7.11 Å². The summed E-state index contributed by atoms with van der Waals surface area (Å²) in [6.07, 6.45) is 8.62. The zero-order valence-electron chi connectivity index (χ0n) is 15.9. The molecule has 0 saturated heterocycles. The molecule has 0 atom stereocenters. The number of ether oxygens (including phenoxy) is 1.